The second kappa shape index (κ2) is 6.90. The second-order valence-electron chi connectivity index (χ2n) is 3.50. The molecule has 0 fully saturated rings. The molecule has 0 bridgehead atoms. The standard InChI is InChI=1S/C11H17N3O2/c1-3-16-11(15)9(2)7-12-8-10-5-4-6-13-14-10/h4-6,9,12H,3,7-8H2,1-2H3. The highest BCUT2D eigenvalue weighted by molar-refractivity contribution is 5.72. The summed E-state index contributed by atoms with van der Waals surface area (Å²) in [6.45, 7) is 5.25. The van der Waals surface area contributed by atoms with Gasteiger partial charge in [0.25, 0.3) is 0 Å². The monoisotopic (exact) mass is 223 g/mol. The van der Waals surface area contributed by atoms with Gasteiger partial charge in [0.2, 0.25) is 0 Å². The number of hydrogen-bond donors (Lipinski definition) is 1. The van der Waals surface area contributed by atoms with Crippen LogP contribution in [0.3, 0.4) is 0 Å². The predicted octanol–water partition coefficient (Wildman–Crippen LogP) is 0.765. The van der Waals surface area contributed by atoms with Crippen molar-refractivity contribution in [2.24, 2.45) is 5.92 Å². The molecule has 0 saturated heterocycles. The predicted molar refractivity (Wildman–Crippen MR) is 59.5 cm³/mol. The summed E-state index contributed by atoms with van der Waals surface area (Å²) in [5, 5.41) is 10.8. The Morgan fingerprint density at radius 3 is 3.06 bits per heavy atom. The molecule has 0 amide bonds. The third-order valence-electron chi connectivity index (χ3n) is 2.07. The van der Waals surface area contributed by atoms with E-state index in [-0.39, 0.29) is 11.9 Å². The minimum atomic E-state index is -0.172. The first-order valence-electron chi connectivity index (χ1n) is 5.38. The van der Waals surface area contributed by atoms with Crippen molar-refractivity contribution in [1.82, 2.24) is 15.5 Å². The molecule has 5 nitrogen and oxygen atoms in total. The van der Waals surface area contributed by atoms with E-state index in [2.05, 4.69) is 15.5 Å². The maximum Gasteiger partial charge on any atom is 0.309 e. The van der Waals surface area contributed by atoms with Crippen LogP contribution in [0.15, 0.2) is 18.3 Å². The highest BCUT2D eigenvalue weighted by Crippen LogP contribution is 1.97. The molecule has 1 aromatic heterocycles. The van der Waals surface area contributed by atoms with Gasteiger partial charge in [-0.25, -0.2) is 0 Å². The van der Waals surface area contributed by atoms with Crippen molar-refractivity contribution >= 4 is 5.97 Å². The molecule has 0 aromatic carbocycles. The normalized spacial score (nSPS) is 12.1. The van der Waals surface area contributed by atoms with Crippen LogP contribution in [-0.4, -0.2) is 29.3 Å². The lowest BCUT2D eigenvalue weighted by atomic mass is 10.2. The van der Waals surface area contributed by atoms with E-state index >= 15 is 0 Å². The van der Waals surface area contributed by atoms with Crippen molar-refractivity contribution in [2.45, 2.75) is 20.4 Å². The Labute approximate surface area is 95.2 Å². The molecule has 0 spiro atoms. The van der Waals surface area contributed by atoms with Gasteiger partial charge in [-0.05, 0) is 19.1 Å². The molecule has 0 aliphatic carbocycles. The molecule has 16 heavy (non-hydrogen) atoms. The quantitative estimate of drug-likeness (QED) is 0.721. The van der Waals surface area contributed by atoms with E-state index in [4.69, 9.17) is 4.74 Å². The van der Waals surface area contributed by atoms with Crippen molar-refractivity contribution in [3.8, 4) is 0 Å². The molecule has 1 heterocycles. The van der Waals surface area contributed by atoms with Gasteiger partial charge in [-0.1, -0.05) is 6.92 Å². The zero-order chi connectivity index (χ0) is 11.8. The summed E-state index contributed by atoms with van der Waals surface area (Å²) in [6.07, 6.45) is 1.63. The molecule has 1 aromatic rings. The number of carbonyl (C=O) groups is 1. The summed E-state index contributed by atoms with van der Waals surface area (Å²) in [5.41, 5.74) is 0.860. The smallest absolute Gasteiger partial charge is 0.309 e. The number of aromatic nitrogens is 2. The van der Waals surface area contributed by atoms with Gasteiger partial charge >= 0.3 is 5.97 Å². The minimum absolute atomic E-state index is 0.142. The fraction of sp³-hybridized carbons (Fsp3) is 0.545. The van der Waals surface area contributed by atoms with Crippen molar-refractivity contribution < 1.29 is 9.53 Å². The number of carbonyl (C=O) groups excluding carboxylic acids is 1. The highest BCUT2D eigenvalue weighted by Gasteiger charge is 2.12. The molecule has 5 heteroatoms. The number of rotatable bonds is 6. The molecule has 1 atom stereocenters. The van der Waals surface area contributed by atoms with Crippen LogP contribution < -0.4 is 5.32 Å². The van der Waals surface area contributed by atoms with Gasteiger partial charge in [0.05, 0.1) is 18.2 Å². The zero-order valence-corrected chi connectivity index (χ0v) is 9.64. The van der Waals surface area contributed by atoms with E-state index in [0.717, 1.165) is 5.69 Å². The van der Waals surface area contributed by atoms with Crippen LogP contribution >= 0.6 is 0 Å². The van der Waals surface area contributed by atoms with Crippen LogP contribution in [0.25, 0.3) is 0 Å². The summed E-state index contributed by atoms with van der Waals surface area (Å²) in [7, 11) is 0. The number of esters is 1. The van der Waals surface area contributed by atoms with E-state index in [1.54, 1.807) is 13.1 Å². The molecule has 0 aliphatic heterocycles. The molecule has 1 unspecified atom stereocenters. The Morgan fingerprint density at radius 2 is 2.44 bits per heavy atom. The van der Waals surface area contributed by atoms with Gasteiger partial charge in [-0.2, -0.15) is 10.2 Å². The van der Waals surface area contributed by atoms with Crippen LogP contribution in [0.4, 0.5) is 0 Å². The van der Waals surface area contributed by atoms with Gasteiger partial charge in [-0.15, -0.1) is 0 Å². The molecular formula is C11H17N3O2. The molecule has 0 saturated carbocycles. The molecule has 0 radical (unpaired) electrons. The number of ether oxygens (including phenoxy) is 1. The van der Waals surface area contributed by atoms with Crippen LogP contribution in [0.2, 0.25) is 0 Å². The van der Waals surface area contributed by atoms with Crippen LogP contribution in [0.5, 0.6) is 0 Å². The Kier molecular flexibility index (Phi) is 5.42. The van der Waals surface area contributed by atoms with E-state index in [0.29, 0.717) is 19.7 Å². The summed E-state index contributed by atoms with van der Waals surface area (Å²) in [6, 6.07) is 3.72. The van der Waals surface area contributed by atoms with Gasteiger partial charge in [0.1, 0.15) is 0 Å². The molecule has 88 valence electrons. The Balaban J connectivity index is 2.23. The largest absolute Gasteiger partial charge is 0.466 e. The van der Waals surface area contributed by atoms with Crippen LogP contribution in [-0.2, 0) is 16.1 Å². The Hall–Kier alpha value is -1.49. The fourth-order valence-corrected chi connectivity index (χ4v) is 1.21. The van der Waals surface area contributed by atoms with Crippen molar-refractivity contribution in [3.63, 3.8) is 0 Å². The van der Waals surface area contributed by atoms with E-state index < -0.39 is 0 Å². The summed E-state index contributed by atoms with van der Waals surface area (Å²) >= 11 is 0. The van der Waals surface area contributed by atoms with Crippen LogP contribution in [0.1, 0.15) is 19.5 Å². The van der Waals surface area contributed by atoms with Gasteiger partial charge in [-0.3, -0.25) is 4.79 Å². The van der Waals surface area contributed by atoms with E-state index in [1.807, 2.05) is 19.1 Å². The molecule has 0 aliphatic rings. The summed E-state index contributed by atoms with van der Waals surface area (Å²) in [4.78, 5) is 11.3. The van der Waals surface area contributed by atoms with Crippen molar-refractivity contribution in [2.75, 3.05) is 13.2 Å². The number of nitrogens with zero attached hydrogens (tertiary/aromatic N) is 2. The first kappa shape index (κ1) is 12.6. The second-order valence-corrected chi connectivity index (χ2v) is 3.50. The first-order chi connectivity index (χ1) is 7.74. The Morgan fingerprint density at radius 1 is 1.62 bits per heavy atom. The maximum atomic E-state index is 11.3. The van der Waals surface area contributed by atoms with Gasteiger partial charge < -0.3 is 10.1 Å². The van der Waals surface area contributed by atoms with Crippen molar-refractivity contribution in [3.05, 3.63) is 24.0 Å². The summed E-state index contributed by atoms with van der Waals surface area (Å²) in [5.74, 6) is -0.314. The number of nitrogens with one attached hydrogen (secondary N) is 1. The fourth-order valence-electron chi connectivity index (χ4n) is 1.21. The highest BCUT2D eigenvalue weighted by atomic mass is 16.5. The van der Waals surface area contributed by atoms with Crippen molar-refractivity contribution in [1.29, 1.82) is 0 Å². The van der Waals surface area contributed by atoms with Gasteiger partial charge in [0.15, 0.2) is 0 Å². The van der Waals surface area contributed by atoms with Gasteiger partial charge in [0, 0.05) is 19.3 Å². The lowest BCUT2D eigenvalue weighted by Crippen LogP contribution is -2.27. The van der Waals surface area contributed by atoms with E-state index in [1.165, 1.54) is 0 Å². The van der Waals surface area contributed by atoms with Crippen LogP contribution in [0, 0.1) is 5.92 Å². The van der Waals surface area contributed by atoms with E-state index in [9.17, 15) is 4.79 Å². The molecular weight excluding hydrogens is 206 g/mol. The topological polar surface area (TPSA) is 64.1 Å². The third-order valence-corrected chi connectivity index (χ3v) is 2.07. The zero-order valence-electron chi connectivity index (χ0n) is 9.64. The number of hydrogen-bond acceptors (Lipinski definition) is 5. The Bertz CT molecular complexity index is 316. The average Bonchev–Trinajstić information content (AvgIpc) is 2.30. The lowest BCUT2D eigenvalue weighted by Gasteiger charge is -2.10. The third kappa shape index (κ3) is 4.35. The maximum absolute atomic E-state index is 11.3. The SMILES string of the molecule is CCOC(=O)C(C)CNCc1cccnn1. The molecule has 1 N–H and O–H groups in total. The molecule has 1 rings (SSSR count). The minimum Gasteiger partial charge on any atom is -0.466 e. The average molecular weight is 223 g/mol. The lowest BCUT2D eigenvalue weighted by molar-refractivity contribution is -0.147. The first-order valence-corrected chi connectivity index (χ1v) is 5.38. The summed E-state index contributed by atoms with van der Waals surface area (Å²) < 4.78 is 4.90.